The van der Waals surface area contributed by atoms with Crippen LogP contribution in [0.2, 0.25) is 0 Å². The number of rotatable bonds is 4. The molecule has 1 heterocycles. The summed E-state index contributed by atoms with van der Waals surface area (Å²) in [6, 6.07) is 9.74. The van der Waals surface area contributed by atoms with Crippen molar-refractivity contribution in [1.29, 1.82) is 0 Å². The first-order chi connectivity index (χ1) is 8.15. The fourth-order valence-electron chi connectivity index (χ4n) is 2.24. The third-order valence-electron chi connectivity index (χ3n) is 3.44. The summed E-state index contributed by atoms with van der Waals surface area (Å²) >= 11 is 2.08. The van der Waals surface area contributed by atoms with Gasteiger partial charge in [-0.1, -0.05) is 45.0 Å². The van der Waals surface area contributed by atoms with Crippen molar-refractivity contribution in [3.63, 3.8) is 0 Å². The first kappa shape index (κ1) is 13.0. The molecule has 1 nitrogen and oxygen atoms in total. The number of hydrogen-bond donors (Lipinski definition) is 1. The summed E-state index contributed by atoms with van der Waals surface area (Å²) < 4.78 is 0. The fourth-order valence-corrected chi connectivity index (χ4v) is 3.43. The number of hydrogen-bond acceptors (Lipinski definition) is 2. The maximum absolute atomic E-state index is 3.66. The fraction of sp³-hybridized carbons (Fsp3) is 0.600. The van der Waals surface area contributed by atoms with Gasteiger partial charge in [0.2, 0.25) is 0 Å². The highest BCUT2D eigenvalue weighted by molar-refractivity contribution is 8.00. The molecule has 2 heteroatoms. The molecule has 0 spiro atoms. The Labute approximate surface area is 109 Å². The van der Waals surface area contributed by atoms with Crippen molar-refractivity contribution in [3.05, 3.63) is 35.4 Å². The monoisotopic (exact) mass is 249 g/mol. The zero-order valence-corrected chi connectivity index (χ0v) is 11.9. The van der Waals surface area contributed by atoms with Gasteiger partial charge in [-0.25, -0.2) is 0 Å². The van der Waals surface area contributed by atoms with Crippen molar-refractivity contribution in [2.45, 2.75) is 50.9 Å². The van der Waals surface area contributed by atoms with E-state index < -0.39 is 0 Å². The molecule has 17 heavy (non-hydrogen) atoms. The molecule has 1 aliphatic rings. The van der Waals surface area contributed by atoms with E-state index >= 15 is 0 Å². The normalized spacial score (nSPS) is 24.5. The molecule has 0 amide bonds. The molecule has 0 saturated carbocycles. The van der Waals surface area contributed by atoms with E-state index in [1.54, 1.807) is 0 Å². The molecule has 1 aromatic carbocycles. The molecule has 2 atom stereocenters. The molecule has 0 aliphatic carbocycles. The predicted molar refractivity (Wildman–Crippen MR) is 77.7 cm³/mol. The van der Waals surface area contributed by atoms with Gasteiger partial charge in [0, 0.05) is 23.6 Å². The average Bonchev–Trinajstić information content (AvgIpc) is 2.73. The van der Waals surface area contributed by atoms with Gasteiger partial charge in [-0.15, -0.1) is 0 Å². The summed E-state index contributed by atoms with van der Waals surface area (Å²) in [5.74, 6) is 1.90. The Kier molecular flexibility index (Phi) is 4.52. The van der Waals surface area contributed by atoms with Gasteiger partial charge in [0.15, 0.2) is 0 Å². The number of nitrogens with one attached hydrogen (secondary N) is 1. The Morgan fingerprint density at radius 1 is 1.29 bits per heavy atom. The van der Waals surface area contributed by atoms with Gasteiger partial charge in [-0.05, 0) is 23.5 Å². The average molecular weight is 249 g/mol. The van der Waals surface area contributed by atoms with Crippen LogP contribution in [0.3, 0.4) is 0 Å². The zero-order valence-electron chi connectivity index (χ0n) is 11.1. The van der Waals surface area contributed by atoms with Crippen LogP contribution in [-0.2, 0) is 6.54 Å². The third kappa shape index (κ3) is 3.75. The van der Waals surface area contributed by atoms with Crippen molar-refractivity contribution in [3.8, 4) is 0 Å². The van der Waals surface area contributed by atoms with Gasteiger partial charge in [0.05, 0.1) is 0 Å². The van der Waals surface area contributed by atoms with Crippen molar-refractivity contribution in [2.24, 2.45) is 0 Å². The lowest BCUT2D eigenvalue weighted by Gasteiger charge is -2.12. The minimum absolute atomic E-state index is 0.629. The van der Waals surface area contributed by atoms with Gasteiger partial charge in [0.1, 0.15) is 0 Å². The maximum Gasteiger partial charge on any atom is 0.0208 e. The number of thioether (sulfide) groups is 1. The number of benzene rings is 1. The summed E-state index contributed by atoms with van der Waals surface area (Å²) in [6.45, 7) is 7.81. The van der Waals surface area contributed by atoms with Gasteiger partial charge < -0.3 is 5.32 Å². The van der Waals surface area contributed by atoms with Crippen LogP contribution in [0.25, 0.3) is 0 Å². The van der Waals surface area contributed by atoms with E-state index in [0.717, 1.165) is 11.8 Å². The smallest absolute Gasteiger partial charge is 0.0208 e. The molecule has 1 fully saturated rings. The summed E-state index contributed by atoms with van der Waals surface area (Å²) in [5, 5.41) is 4.49. The molecule has 1 aromatic rings. The van der Waals surface area contributed by atoms with E-state index in [-0.39, 0.29) is 0 Å². The molecule has 94 valence electrons. The van der Waals surface area contributed by atoms with Crippen LogP contribution in [0.5, 0.6) is 0 Å². The summed E-state index contributed by atoms with van der Waals surface area (Å²) in [6.07, 6.45) is 1.31. The highest BCUT2D eigenvalue weighted by atomic mass is 32.2. The first-order valence-corrected chi connectivity index (χ1v) is 7.64. The third-order valence-corrected chi connectivity index (χ3v) is 4.80. The van der Waals surface area contributed by atoms with Crippen LogP contribution in [0, 0.1) is 0 Å². The Bertz CT molecular complexity index is 344. The lowest BCUT2D eigenvalue weighted by atomic mass is 10.0. The maximum atomic E-state index is 3.66. The summed E-state index contributed by atoms with van der Waals surface area (Å²) in [5.41, 5.74) is 2.83. The van der Waals surface area contributed by atoms with Crippen LogP contribution in [-0.4, -0.2) is 17.0 Å². The van der Waals surface area contributed by atoms with Crippen LogP contribution in [0.4, 0.5) is 0 Å². The van der Waals surface area contributed by atoms with Crippen LogP contribution >= 0.6 is 11.8 Å². The van der Waals surface area contributed by atoms with Crippen LogP contribution < -0.4 is 5.32 Å². The second kappa shape index (κ2) is 5.92. The molecule has 0 aromatic heterocycles. The Hall–Kier alpha value is -0.470. The second-order valence-electron chi connectivity index (χ2n) is 5.35. The summed E-state index contributed by atoms with van der Waals surface area (Å²) in [4.78, 5) is 0. The van der Waals surface area contributed by atoms with E-state index in [9.17, 15) is 0 Å². The molecule has 1 aliphatic heterocycles. The molecule has 1 saturated heterocycles. The van der Waals surface area contributed by atoms with Crippen molar-refractivity contribution in [1.82, 2.24) is 5.32 Å². The summed E-state index contributed by atoms with van der Waals surface area (Å²) in [7, 11) is 0. The molecule has 2 rings (SSSR count). The Morgan fingerprint density at radius 2 is 2.00 bits per heavy atom. The molecule has 2 unspecified atom stereocenters. The molecule has 0 radical (unpaired) electrons. The van der Waals surface area contributed by atoms with Crippen LogP contribution in [0.15, 0.2) is 24.3 Å². The van der Waals surface area contributed by atoms with E-state index in [1.807, 2.05) is 0 Å². The standard InChI is InChI=1S/C15H23NS/c1-11(2)14-6-4-13(5-7-14)9-16-15-8-12(3)17-10-15/h4-7,11-12,15-16H,8-10H2,1-3H3. The van der Waals surface area contributed by atoms with E-state index in [4.69, 9.17) is 0 Å². The van der Waals surface area contributed by atoms with Gasteiger partial charge in [0.25, 0.3) is 0 Å². The molecular formula is C15H23NS. The second-order valence-corrected chi connectivity index (χ2v) is 6.83. The predicted octanol–water partition coefficient (Wildman–Crippen LogP) is 3.79. The topological polar surface area (TPSA) is 12.0 Å². The Morgan fingerprint density at radius 3 is 2.53 bits per heavy atom. The first-order valence-electron chi connectivity index (χ1n) is 6.59. The van der Waals surface area contributed by atoms with Gasteiger partial charge in [-0.2, -0.15) is 11.8 Å². The lowest BCUT2D eigenvalue weighted by Crippen LogP contribution is -2.28. The SMILES string of the molecule is CC1CC(NCc2ccc(C(C)C)cc2)CS1. The molecular weight excluding hydrogens is 226 g/mol. The van der Waals surface area contributed by atoms with Gasteiger partial charge in [-0.3, -0.25) is 0 Å². The highest BCUT2D eigenvalue weighted by Crippen LogP contribution is 2.26. The highest BCUT2D eigenvalue weighted by Gasteiger charge is 2.20. The van der Waals surface area contributed by atoms with E-state index in [0.29, 0.717) is 12.0 Å². The van der Waals surface area contributed by atoms with E-state index in [2.05, 4.69) is 62.1 Å². The van der Waals surface area contributed by atoms with Crippen LogP contribution in [0.1, 0.15) is 44.2 Å². The quantitative estimate of drug-likeness (QED) is 0.871. The van der Waals surface area contributed by atoms with E-state index in [1.165, 1.54) is 23.3 Å². The minimum Gasteiger partial charge on any atom is -0.309 e. The van der Waals surface area contributed by atoms with Crippen molar-refractivity contribution in [2.75, 3.05) is 5.75 Å². The van der Waals surface area contributed by atoms with Gasteiger partial charge >= 0.3 is 0 Å². The van der Waals surface area contributed by atoms with Crippen molar-refractivity contribution >= 4 is 11.8 Å². The largest absolute Gasteiger partial charge is 0.309 e. The zero-order chi connectivity index (χ0) is 12.3. The Balaban J connectivity index is 1.83. The minimum atomic E-state index is 0.629. The lowest BCUT2D eigenvalue weighted by molar-refractivity contribution is 0.538. The van der Waals surface area contributed by atoms with Crippen molar-refractivity contribution < 1.29 is 0 Å². The molecule has 1 N–H and O–H groups in total. The molecule has 0 bridgehead atoms.